The van der Waals surface area contributed by atoms with E-state index >= 15 is 0 Å². The van der Waals surface area contributed by atoms with Crippen LogP contribution in [0.25, 0.3) is 0 Å². The number of aliphatic hydroxyl groups is 1. The predicted octanol–water partition coefficient (Wildman–Crippen LogP) is 1.74. The number of aliphatic hydroxyl groups excluding tert-OH is 1. The van der Waals surface area contributed by atoms with Gasteiger partial charge < -0.3 is 10.4 Å². The highest BCUT2D eigenvalue weighted by Gasteiger charge is 2.42. The second-order valence-corrected chi connectivity index (χ2v) is 5.68. The molecular weight excluding hydrogens is 228 g/mol. The summed E-state index contributed by atoms with van der Waals surface area (Å²) in [4.78, 5) is 12.4. The number of nitriles is 1. The van der Waals surface area contributed by atoms with Crippen LogP contribution in [-0.4, -0.2) is 23.7 Å². The van der Waals surface area contributed by atoms with Gasteiger partial charge in [0.1, 0.15) is 5.41 Å². The number of hydrogen-bond donors (Lipinski definition) is 2. The molecule has 1 amide bonds. The Hall–Kier alpha value is -1.08. The minimum atomic E-state index is -0.805. The zero-order valence-electron chi connectivity index (χ0n) is 10.8. The van der Waals surface area contributed by atoms with Gasteiger partial charge >= 0.3 is 0 Å². The molecule has 0 aliphatic heterocycles. The van der Waals surface area contributed by atoms with Crippen LogP contribution in [0.2, 0.25) is 0 Å². The first-order valence-electron chi connectivity index (χ1n) is 7.05. The van der Waals surface area contributed by atoms with E-state index in [1.54, 1.807) is 0 Å². The molecule has 2 N–H and O–H groups in total. The smallest absolute Gasteiger partial charge is 0.240 e. The standard InChI is InChI=1S/C14H22N2O2/c15-10-14(7-2-1-3-8-14)13(18)16-12(6-9-17)11-4-5-11/h11-12,17H,1-9H2,(H,16,18). The first-order valence-corrected chi connectivity index (χ1v) is 7.05. The number of amides is 1. The molecule has 1 unspecified atom stereocenters. The van der Waals surface area contributed by atoms with E-state index in [1.807, 2.05) is 0 Å². The van der Waals surface area contributed by atoms with E-state index in [0.717, 1.165) is 32.1 Å². The predicted molar refractivity (Wildman–Crippen MR) is 67.5 cm³/mol. The Morgan fingerprint density at radius 2 is 2.06 bits per heavy atom. The normalized spacial score (nSPS) is 24.0. The molecule has 0 aromatic rings. The zero-order chi connectivity index (χ0) is 13.0. The molecule has 0 saturated heterocycles. The summed E-state index contributed by atoms with van der Waals surface area (Å²) >= 11 is 0. The number of nitrogens with zero attached hydrogens (tertiary/aromatic N) is 1. The third-order valence-electron chi connectivity index (χ3n) is 4.30. The monoisotopic (exact) mass is 250 g/mol. The molecule has 2 aliphatic carbocycles. The van der Waals surface area contributed by atoms with Crippen LogP contribution in [0, 0.1) is 22.7 Å². The van der Waals surface area contributed by atoms with Crippen LogP contribution in [-0.2, 0) is 4.79 Å². The highest BCUT2D eigenvalue weighted by molar-refractivity contribution is 5.85. The van der Waals surface area contributed by atoms with Crippen LogP contribution in [0.1, 0.15) is 51.4 Å². The van der Waals surface area contributed by atoms with Crippen LogP contribution in [0.15, 0.2) is 0 Å². The molecule has 4 heteroatoms. The van der Waals surface area contributed by atoms with Crippen molar-refractivity contribution in [2.45, 2.75) is 57.4 Å². The lowest BCUT2D eigenvalue weighted by Gasteiger charge is -2.31. The Balaban J connectivity index is 1.98. The van der Waals surface area contributed by atoms with Crippen LogP contribution in [0.3, 0.4) is 0 Å². The molecule has 2 fully saturated rings. The Bertz CT molecular complexity index is 338. The van der Waals surface area contributed by atoms with Gasteiger partial charge in [-0.15, -0.1) is 0 Å². The second kappa shape index (κ2) is 5.71. The third-order valence-corrected chi connectivity index (χ3v) is 4.30. The molecule has 18 heavy (non-hydrogen) atoms. The fourth-order valence-electron chi connectivity index (χ4n) is 2.91. The van der Waals surface area contributed by atoms with Crippen molar-refractivity contribution in [3.63, 3.8) is 0 Å². The summed E-state index contributed by atoms with van der Waals surface area (Å²) in [6, 6.07) is 2.31. The molecule has 100 valence electrons. The summed E-state index contributed by atoms with van der Waals surface area (Å²) in [6.45, 7) is 0.0982. The summed E-state index contributed by atoms with van der Waals surface area (Å²) < 4.78 is 0. The molecule has 2 saturated carbocycles. The second-order valence-electron chi connectivity index (χ2n) is 5.68. The van der Waals surface area contributed by atoms with Crippen molar-refractivity contribution < 1.29 is 9.90 Å². The number of hydrogen-bond acceptors (Lipinski definition) is 3. The maximum absolute atomic E-state index is 12.4. The minimum absolute atomic E-state index is 0.0645. The maximum Gasteiger partial charge on any atom is 0.240 e. The van der Waals surface area contributed by atoms with Crippen molar-refractivity contribution in [3.05, 3.63) is 0 Å². The Morgan fingerprint density at radius 3 is 2.56 bits per heavy atom. The fraction of sp³-hybridized carbons (Fsp3) is 0.857. The van der Waals surface area contributed by atoms with Crippen molar-refractivity contribution in [1.82, 2.24) is 5.32 Å². The molecule has 2 aliphatic rings. The molecule has 0 bridgehead atoms. The lowest BCUT2D eigenvalue weighted by atomic mass is 9.74. The van der Waals surface area contributed by atoms with Gasteiger partial charge in [0.2, 0.25) is 5.91 Å². The summed E-state index contributed by atoms with van der Waals surface area (Å²) in [6.07, 6.45) is 7.30. The maximum atomic E-state index is 12.4. The van der Waals surface area contributed by atoms with Crippen LogP contribution in [0.5, 0.6) is 0 Å². The van der Waals surface area contributed by atoms with Gasteiger partial charge in [0.15, 0.2) is 0 Å². The van der Waals surface area contributed by atoms with Gasteiger partial charge in [-0.25, -0.2) is 0 Å². The van der Waals surface area contributed by atoms with Crippen LogP contribution < -0.4 is 5.32 Å². The van der Waals surface area contributed by atoms with E-state index in [-0.39, 0.29) is 18.6 Å². The molecule has 0 aromatic carbocycles. The van der Waals surface area contributed by atoms with Crippen molar-refractivity contribution in [2.75, 3.05) is 6.61 Å². The number of carbonyl (C=O) groups excluding carboxylic acids is 1. The zero-order valence-corrected chi connectivity index (χ0v) is 10.8. The Morgan fingerprint density at radius 1 is 1.39 bits per heavy atom. The highest BCUT2D eigenvalue weighted by Crippen LogP contribution is 2.38. The van der Waals surface area contributed by atoms with Crippen LogP contribution in [0.4, 0.5) is 0 Å². The SMILES string of the molecule is N#CC1(C(=O)NC(CCO)C2CC2)CCCCC1. The quantitative estimate of drug-likeness (QED) is 0.780. The van der Waals surface area contributed by atoms with E-state index in [0.29, 0.717) is 25.2 Å². The number of carbonyl (C=O) groups is 1. The fourth-order valence-corrected chi connectivity index (χ4v) is 2.91. The van der Waals surface area contributed by atoms with Crippen molar-refractivity contribution in [1.29, 1.82) is 5.26 Å². The summed E-state index contributed by atoms with van der Waals surface area (Å²) in [5, 5.41) is 21.4. The van der Waals surface area contributed by atoms with E-state index in [2.05, 4.69) is 11.4 Å². The van der Waals surface area contributed by atoms with E-state index in [1.165, 1.54) is 0 Å². The molecule has 0 aromatic heterocycles. The molecule has 4 nitrogen and oxygen atoms in total. The van der Waals surface area contributed by atoms with Crippen molar-refractivity contribution in [2.24, 2.45) is 11.3 Å². The van der Waals surface area contributed by atoms with Crippen LogP contribution >= 0.6 is 0 Å². The Labute approximate surface area is 108 Å². The average molecular weight is 250 g/mol. The average Bonchev–Trinajstić information content (AvgIpc) is 3.23. The third kappa shape index (κ3) is 2.84. The lowest BCUT2D eigenvalue weighted by Crippen LogP contribution is -2.47. The summed E-state index contributed by atoms with van der Waals surface area (Å²) in [7, 11) is 0. The van der Waals surface area contributed by atoms with Crippen molar-refractivity contribution in [3.8, 4) is 6.07 Å². The first-order chi connectivity index (χ1) is 8.72. The highest BCUT2D eigenvalue weighted by atomic mass is 16.3. The van der Waals surface area contributed by atoms with Gasteiger partial charge in [-0.1, -0.05) is 19.3 Å². The van der Waals surface area contributed by atoms with E-state index < -0.39 is 5.41 Å². The van der Waals surface area contributed by atoms with Gasteiger partial charge in [0, 0.05) is 12.6 Å². The van der Waals surface area contributed by atoms with Gasteiger partial charge in [0.05, 0.1) is 6.07 Å². The van der Waals surface area contributed by atoms with Gasteiger partial charge in [-0.2, -0.15) is 5.26 Å². The Kier molecular flexibility index (Phi) is 4.23. The topological polar surface area (TPSA) is 73.1 Å². The first kappa shape index (κ1) is 13.4. The van der Waals surface area contributed by atoms with E-state index in [9.17, 15) is 10.1 Å². The minimum Gasteiger partial charge on any atom is -0.396 e. The molecule has 1 atom stereocenters. The van der Waals surface area contributed by atoms with Crippen molar-refractivity contribution >= 4 is 5.91 Å². The van der Waals surface area contributed by atoms with Gasteiger partial charge in [0.25, 0.3) is 0 Å². The number of rotatable bonds is 5. The van der Waals surface area contributed by atoms with E-state index in [4.69, 9.17) is 5.11 Å². The molecule has 2 rings (SSSR count). The molecule has 0 radical (unpaired) electrons. The number of nitrogens with one attached hydrogen (secondary N) is 1. The molecular formula is C14H22N2O2. The summed E-state index contributed by atoms with van der Waals surface area (Å²) in [5.74, 6) is 0.412. The lowest BCUT2D eigenvalue weighted by molar-refractivity contribution is -0.130. The molecule has 0 spiro atoms. The summed E-state index contributed by atoms with van der Waals surface area (Å²) in [5.41, 5.74) is -0.805. The van der Waals surface area contributed by atoms with Gasteiger partial charge in [-0.05, 0) is 38.0 Å². The molecule has 0 heterocycles. The van der Waals surface area contributed by atoms with Gasteiger partial charge in [-0.3, -0.25) is 4.79 Å². The largest absolute Gasteiger partial charge is 0.396 e.